The van der Waals surface area contributed by atoms with Crippen molar-refractivity contribution < 1.29 is 14.3 Å². The van der Waals surface area contributed by atoms with Gasteiger partial charge in [0.25, 0.3) is 5.91 Å². The molecule has 106 valence electrons. The van der Waals surface area contributed by atoms with Gasteiger partial charge in [0.05, 0.1) is 19.8 Å². The van der Waals surface area contributed by atoms with Crippen LogP contribution in [-0.4, -0.2) is 32.2 Å². The highest BCUT2D eigenvalue weighted by atomic mass is 16.5. The maximum Gasteiger partial charge on any atom is 0.255 e. The van der Waals surface area contributed by atoms with Gasteiger partial charge in [-0.25, -0.2) is 0 Å². The monoisotopic (exact) mass is 266 g/mol. The minimum atomic E-state index is -0.191. The molecule has 0 saturated heterocycles. The van der Waals surface area contributed by atoms with Gasteiger partial charge in [-0.05, 0) is 32.4 Å². The predicted molar refractivity (Wildman–Crippen MR) is 74.7 cm³/mol. The van der Waals surface area contributed by atoms with Crippen molar-refractivity contribution in [1.29, 1.82) is 0 Å². The van der Waals surface area contributed by atoms with Crippen molar-refractivity contribution in [2.45, 2.75) is 32.4 Å². The molecule has 0 fully saturated rings. The molecule has 0 heterocycles. The van der Waals surface area contributed by atoms with Crippen LogP contribution in [0.15, 0.2) is 18.2 Å². The molecular weight excluding hydrogens is 244 g/mol. The SMILES string of the molecule is COc1cccc(C(=O)NC(C)CC(C)N)c1OC. The lowest BCUT2D eigenvalue weighted by Gasteiger charge is -2.17. The Kier molecular flexibility index (Phi) is 5.63. The van der Waals surface area contributed by atoms with Gasteiger partial charge < -0.3 is 20.5 Å². The molecular formula is C14H22N2O3. The third-order valence-electron chi connectivity index (χ3n) is 2.75. The van der Waals surface area contributed by atoms with E-state index in [1.165, 1.54) is 14.2 Å². The first-order chi connectivity index (χ1) is 8.99. The summed E-state index contributed by atoms with van der Waals surface area (Å²) in [6.07, 6.45) is 0.720. The van der Waals surface area contributed by atoms with Crippen LogP contribution in [0.4, 0.5) is 0 Å². The topological polar surface area (TPSA) is 73.6 Å². The number of methoxy groups -OCH3 is 2. The van der Waals surface area contributed by atoms with E-state index in [1.807, 2.05) is 13.8 Å². The van der Waals surface area contributed by atoms with Crippen LogP contribution in [0.3, 0.4) is 0 Å². The number of benzene rings is 1. The van der Waals surface area contributed by atoms with Crippen molar-refractivity contribution in [3.63, 3.8) is 0 Å². The number of nitrogens with two attached hydrogens (primary N) is 1. The van der Waals surface area contributed by atoms with Gasteiger partial charge >= 0.3 is 0 Å². The summed E-state index contributed by atoms with van der Waals surface area (Å²) in [5.74, 6) is 0.786. The zero-order valence-corrected chi connectivity index (χ0v) is 11.9. The number of nitrogens with one attached hydrogen (secondary N) is 1. The molecule has 2 unspecified atom stereocenters. The zero-order chi connectivity index (χ0) is 14.4. The lowest BCUT2D eigenvalue weighted by atomic mass is 10.1. The van der Waals surface area contributed by atoms with Crippen molar-refractivity contribution in [3.8, 4) is 11.5 Å². The summed E-state index contributed by atoms with van der Waals surface area (Å²) in [7, 11) is 3.05. The van der Waals surface area contributed by atoms with E-state index < -0.39 is 0 Å². The third kappa shape index (κ3) is 4.13. The predicted octanol–water partition coefficient (Wildman–Crippen LogP) is 1.56. The normalized spacial score (nSPS) is 13.5. The average Bonchev–Trinajstić information content (AvgIpc) is 2.36. The molecule has 19 heavy (non-hydrogen) atoms. The molecule has 1 rings (SSSR count). The van der Waals surface area contributed by atoms with Gasteiger partial charge in [-0.15, -0.1) is 0 Å². The van der Waals surface area contributed by atoms with Crippen molar-refractivity contribution in [1.82, 2.24) is 5.32 Å². The van der Waals surface area contributed by atoms with Crippen LogP contribution >= 0.6 is 0 Å². The smallest absolute Gasteiger partial charge is 0.255 e. The van der Waals surface area contributed by atoms with Gasteiger partial charge in [-0.2, -0.15) is 0 Å². The van der Waals surface area contributed by atoms with Gasteiger partial charge in [0, 0.05) is 12.1 Å². The maximum atomic E-state index is 12.2. The Balaban J connectivity index is 2.87. The highest BCUT2D eigenvalue weighted by Gasteiger charge is 2.18. The van der Waals surface area contributed by atoms with Crippen LogP contribution < -0.4 is 20.5 Å². The van der Waals surface area contributed by atoms with Crippen molar-refractivity contribution in [3.05, 3.63) is 23.8 Å². The zero-order valence-electron chi connectivity index (χ0n) is 11.9. The molecule has 5 heteroatoms. The summed E-state index contributed by atoms with van der Waals surface area (Å²) in [5, 5.41) is 2.90. The van der Waals surface area contributed by atoms with E-state index in [0.717, 1.165) is 6.42 Å². The second kappa shape index (κ2) is 6.99. The lowest BCUT2D eigenvalue weighted by Crippen LogP contribution is -2.36. The first-order valence-corrected chi connectivity index (χ1v) is 6.27. The molecule has 1 aromatic carbocycles. The molecule has 0 aromatic heterocycles. The number of carbonyl (C=O) groups excluding carboxylic acids is 1. The largest absolute Gasteiger partial charge is 0.493 e. The van der Waals surface area contributed by atoms with Crippen LogP contribution in [0.25, 0.3) is 0 Å². The molecule has 5 nitrogen and oxygen atoms in total. The number of para-hydroxylation sites is 1. The Morgan fingerprint density at radius 2 is 2.00 bits per heavy atom. The van der Waals surface area contributed by atoms with E-state index in [1.54, 1.807) is 18.2 Å². The fraction of sp³-hybridized carbons (Fsp3) is 0.500. The second-order valence-corrected chi connectivity index (χ2v) is 4.63. The molecule has 1 amide bonds. The average molecular weight is 266 g/mol. The van der Waals surface area contributed by atoms with E-state index in [4.69, 9.17) is 15.2 Å². The van der Waals surface area contributed by atoms with E-state index in [2.05, 4.69) is 5.32 Å². The van der Waals surface area contributed by atoms with Gasteiger partial charge in [0.2, 0.25) is 0 Å². The number of hydrogen-bond acceptors (Lipinski definition) is 4. The van der Waals surface area contributed by atoms with Gasteiger partial charge in [0.1, 0.15) is 0 Å². The Hall–Kier alpha value is -1.75. The molecule has 1 aromatic rings. The molecule has 2 atom stereocenters. The first kappa shape index (κ1) is 15.3. The van der Waals surface area contributed by atoms with Crippen LogP contribution in [0, 0.1) is 0 Å². The minimum Gasteiger partial charge on any atom is -0.493 e. The van der Waals surface area contributed by atoms with E-state index in [0.29, 0.717) is 17.1 Å². The summed E-state index contributed by atoms with van der Waals surface area (Å²) < 4.78 is 10.4. The molecule has 0 bridgehead atoms. The highest BCUT2D eigenvalue weighted by molar-refractivity contribution is 5.98. The molecule has 0 aliphatic rings. The molecule has 0 spiro atoms. The van der Waals surface area contributed by atoms with E-state index in [9.17, 15) is 4.79 Å². The van der Waals surface area contributed by atoms with Gasteiger partial charge in [0.15, 0.2) is 11.5 Å². The number of ether oxygens (including phenoxy) is 2. The lowest BCUT2D eigenvalue weighted by molar-refractivity contribution is 0.0934. The molecule has 0 radical (unpaired) electrons. The molecule has 0 saturated carbocycles. The fourth-order valence-electron chi connectivity index (χ4n) is 1.98. The van der Waals surface area contributed by atoms with Crippen molar-refractivity contribution in [2.24, 2.45) is 5.73 Å². The standard InChI is InChI=1S/C14H22N2O3/c1-9(15)8-10(2)16-14(17)11-6-5-7-12(18-3)13(11)19-4/h5-7,9-10H,8,15H2,1-4H3,(H,16,17). The summed E-state index contributed by atoms with van der Waals surface area (Å²) in [6, 6.07) is 5.26. The molecule has 3 N–H and O–H groups in total. The molecule has 0 aliphatic carbocycles. The summed E-state index contributed by atoms with van der Waals surface area (Å²) >= 11 is 0. The quantitative estimate of drug-likeness (QED) is 0.819. The highest BCUT2D eigenvalue weighted by Crippen LogP contribution is 2.30. The number of carbonyl (C=O) groups is 1. The summed E-state index contributed by atoms with van der Waals surface area (Å²) in [6.45, 7) is 3.84. The fourth-order valence-corrected chi connectivity index (χ4v) is 1.98. The maximum absolute atomic E-state index is 12.2. The van der Waals surface area contributed by atoms with Gasteiger partial charge in [-0.3, -0.25) is 4.79 Å². The number of amides is 1. The number of hydrogen-bond donors (Lipinski definition) is 2. The number of rotatable bonds is 6. The summed E-state index contributed by atoms with van der Waals surface area (Å²) in [4.78, 5) is 12.2. The third-order valence-corrected chi connectivity index (χ3v) is 2.75. The Morgan fingerprint density at radius 3 is 2.53 bits per heavy atom. The van der Waals surface area contributed by atoms with E-state index in [-0.39, 0.29) is 18.0 Å². The Labute approximate surface area is 114 Å². The minimum absolute atomic E-state index is 0.00315. The Bertz CT molecular complexity index is 433. The van der Waals surface area contributed by atoms with Crippen molar-refractivity contribution in [2.75, 3.05) is 14.2 Å². The second-order valence-electron chi connectivity index (χ2n) is 4.63. The van der Waals surface area contributed by atoms with Crippen LogP contribution in [-0.2, 0) is 0 Å². The Morgan fingerprint density at radius 1 is 1.32 bits per heavy atom. The first-order valence-electron chi connectivity index (χ1n) is 6.27. The van der Waals surface area contributed by atoms with Crippen LogP contribution in [0.2, 0.25) is 0 Å². The van der Waals surface area contributed by atoms with Crippen molar-refractivity contribution >= 4 is 5.91 Å². The van der Waals surface area contributed by atoms with Crippen LogP contribution in [0.5, 0.6) is 11.5 Å². The van der Waals surface area contributed by atoms with Gasteiger partial charge in [-0.1, -0.05) is 6.07 Å². The molecule has 0 aliphatic heterocycles. The van der Waals surface area contributed by atoms with E-state index >= 15 is 0 Å². The van der Waals surface area contributed by atoms with Crippen LogP contribution in [0.1, 0.15) is 30.6 Å². The summed E-state index contributed by atoms with van der Waals surface area (Å²) in [5.41, 5.74) is 6.17.